The fraction of sp³-hybridized carbons (Fsp3) is 0.0769. The number of carboxylic acids is 1. The second-order valence-corrected chi connectivity index (χ2v) is 5.87. The zero-order chi connectivity index (χ0) is 15.6. The van der Waals surface area contributed by atoms with Crippen molar-refractivity contribution in [2.75, 3.05) is 4.72 Å². The Morgan fingerprint density at radius 1 is 1.38 bits per heavy atom. The van der Waals surface area contributed by atoms with Gasteiger partial charge in [0.2, 0.25) is 0 Å². The number of aryl methyl sites for hydroxylation is 1. The number of hydrogen-bond donors (Lipinski definition) is 3. The van der Waals surface area contributed by atoms with E-state index in [0.717, 1.165) is 0 Å². The molecule has 8 heteroatoms. The third kappa shape index (κ3) is 2.73. The molecule has 0 radical (unpaired) electrons. The van der Waals surface area contributed by atoms with E-state index in [2.05, 4.69) is 9.71 Å². The van der Waals surface area contributed by atoms with E-state index in [9.17, 15) is 13.2 Å². The smallest absolute Gasteiger partial charge is 0.339 e. The third-order valence-corrected chi connectivity index (χ3v) is 4.26. The van der Waals surface area contributed by atoms with Crippen LogP contribution in [0, 0.1) is 18.3 Å². The van der Waals surface area contributed by atoms with E-state index in [0.29, 0.717) is 5.69 Å². The van der Waals surface area contributed by atoms with Crippen LogP contribution < -0.4 is 4.72 Å². The van der Waals surface area contributed by atoms with Crippen molar-refractivity contribution in [1.29, 1.82) is 5.26 Å². The Balaban J connectivity index is 2.49. The molecule has 0 saturated heterocycles. The molecule has 0 spiro atoms. The number of carbonyl (C=O) groups is 1. The number of H-pyrrole nitrogens is 1. The molecule has 2 aromatic rings. The molecule has 0 atom stereocenters. The fourth-order valence-electron chi connectivity index (χ4n) is 1.88. The van der Waals surface area contributed by atoms with Gasteiger partial charge >= 0.3 is 5.97 Å². The van der Waals surface area contributed by atoms with Crippen LogP contribution in [-0.4, -0.2) is 24.5 Å². The van der Waals surface area contributed by atoms with Crippen LogP contribution in [0.1, 0.15) is 21.6 Å². The number of hydrogen-bond acceptors (Lipinski definition) is 4. The van der Waals surface area contributed by atoms with Gasteiger partial charge in [0.25, 0.3) is 10.0 Å². The molecule has 0 aliphatic heterocycles. The predicted octanol–water partition coefficient (Wildman–Crippen LogP) is 1.69. The van der Waals surface area contributed by atoms with Crippen molar-refractivity contribution in [1.82, 2.24) is 4.98 Å². The summed E-state index contributed by atoms with van der Waals surface area (Å²) in [5.74, 6) is -1.25. The maximum absolute atomic E-state index is 12.3. The van der Waals surface area contributed by atoms with Gasteiger partial charge in [-0.15, -0.1) is 0 Å². The van der Waals surface area contributed by atoms with E-state index in [1.165, 1.54) is 31.3 Å². The van der Waals surface area contributed by atoms with E-state index in [4.69, 9.17) is 10.4 Å². The molecule has 7 nitrogen and oxygen atoms in total. The first-order valence-electron chi connectivity index (χ1n) is 5.80. The summed E-state index contributed by atoms with van der Waals surface area (Å²) < 4.78 is 26.8. The number of benzene rings is 1. The molecule has 2 rings (SSSR count). The molecular formula is C13H11N3O4S. The summed E-state index contributed by atoms with van der Waals surface area (Å²) in [5, 5.41) is 18.0. The van der Waals surface area contributed by atoms with Crippen molar-refractivity contribution in [3.05, 3.63) is 47.3 Å². The second-order valence-electron chi connectivity index (χ2n) is 4.22. The largest absolute Gasteiger partial charge is 0.478 e. The van der Waals surface area contributed by atoms with Crippen LogP contribution in [0.25, 0.3) is 0 Å². The minimum absolute atomic E-state index is 0.0193. The molecular weight excluding hydrogens is 294 g/mol. The van der Waals surface area contributed by atoms with Gasteiger partial charge in [0, 0.05) is 11.9 Å². The first-order valence-corrected chi connectivity index (χ1v) is 7.28. The predicted molar refractivity (Wildman–Crippen MR) is 74.5 cm³/mol. The summed E-state index contributed by atoms with van der Waals surface area (Å²) in [6.07, 6.45) is 1.26. The lowest BCUT2D eigenvalue weighted by molar-refractivity contribution is 0.0697. The van der Waals surface area contributed by atoms with Crippen LogP contribution in [0.5, 0.6) is 0 Å². The summed E-state index contributed by atoms with van der Waals surface area (Å²) in [4.78, 5) is 13.6. The first-order chi connectivity index (χ1) is 9.86. The zero-order valence-electron chi connectivity index (χ0n) is 10.9. The van der Waals surface area contributed by atoms with Gasteiger partial charge in [-0.1, -0.05) is 12.1 Å². The molecule has 0 amide bonds. The molecule has 0 unspecified atom stereocenters. The van der Waals surface area contributed by atoms with E-state index in [-0.39, 0.29) is 21.7 Å². The lowest BCUT2D eigenvalue weighted by Crippen LogP contribution is -2.16. The molecule has 0 fully saturated rings. The van der Waals surface area contributed by atoms with Gasteiger partial charge in [-0.3, -0.25) is 4.72 Å². The highest BCUT2D eigenvalue weighted by atomic mass is 32.2. The van der Waals surface area contributed by atoms with Crippen molar-refractivity contribution in [3.63, 3.8) is 0 Å². The van der Waals surface area contributed by atoms with Crippen LogP contribution in [0.3, 0.4) is 0 Å². The van der Waals surface area contributed by atoms with Gasteiger partial charge < -0.3 is 10.1 Å². The summed E-state index contributed by atoms with van der Waals surface area (Å²) in [7, 11) is -4.05. The van der Waals surface area contributed by atoms with E-state index < -0.39 is 16.0 Å². The quantitative estimate of drug-likeness (QED) is 0.793. The zero-order valence-corrected chi connectivity index (χ0v) is 11.7. The summed E-state index contributed by atoms with van der Waals surface area (Å²) in [5.41, 5.74) is 0.0728. The number of sulfonamides is 1. The Morgan fingerprint density at radius 2 is 2.05 bits per heavy atom. The molecule has 0 saturated carbocycles. The molecule has 1 aromatic carbocycles. The van der Waals surface area contributed by atoms with Gasteiger partial charge in [-0.05, 0) is 19.1 Å². The Labute approximate surface area is 120 Å². The number of aromatic carboxylic acids is 1. The number of nitriles is 1. The maximum atomic E-state index is 12.3. The van der Waals surface area contributed by atoms with Crippen LogP contribution in [0.2, 0.25) is 0 Å². The van der Waals surface area contributed by atoms with Crippen molar-refractivity contribution in [2.24, 2.45) is 0 Å². The minimum Gasteiger partial charge on any atom is -0.478 e. The number of anilines is 1. The van der Waals surface area contributed by atoms with Crippen LogP contribution in [0.15, 0.2) is 35.4 Å². The van der Waals surface area contributed by atoms with Crippen molar-refractivity contribution in [2.45, 2.75) is 11.8 Å². The van der Waals surface area contributed by atoms with Gasteiger partial charge in [0.15, 0.2) is 0 Å². The molecule has 0 aliphatic carbocycles. The Morgan fingerprint density at radius 3 is 2.67 bits per heavy atom. The maximum Gasteiger partial charge on any atom is 0.339 e. The summed E-state index contributed by atoms with van der Waals surface area (Å²) >= 11 is 0. The number of nitrogens with one attached hydrogen (secondary N) is 2. The number of rotatable bonds is 4. The first kappa shape index (κ1) is 14.6. The topological polar surface area (TPSA) is 123 Å². The van der Waals surface area contributed by atoms with E-state index in [1.807, 2.05) is 0 Å². The van der Waals surface area contributed by atoms with Crippen molar-refractivity contribution >= 4 is 21.7 Å². The highest BCUT2D eigenvalue weighted by Gasteiger charge is 2.23. The van der Waals surface area contributed by atoms with E-state index >= 15 is 0 Å². The Hall–Kier alpha value is -2.79. The molecule has 1 heterocycles. The van der Waals surface area contributed by atoms with Crippen LogP contribution in [0.4, 0.5) is 5.69 Å². The number of aromatic amines is 1. The molecule has 1 aromatic heterocycles. The Bertz CT molecular complexity index is 847. The molecule has 3 N–H and O–H groups in total. The normalized spacial score (nSPS) is 10.9. The number of nitrogens with zero attached hydrogens (tertiary/aromatic N) is 1. The highest BCUT2D eigenvalue weighted by Crippen LogP contribution is 2.24. The molecule has 0 aliphatic rings. The SMILES string of the molecule is Cc1[nH]cc(NS(=O)(=O)c2ccccc2C#N)c1C(=O)O. The summed E-state index contributed by atoms with van der Waals surface area (Å²) in [6.45, 7) is 1.52. The van der Waals surface area contributed by atoms with Crippen LogP contribution in [-0.2, 0) is 10.0 Å². The fourth-order valence-corrected chi connectivity index (χ4v) is 3.10. The van der Waals surface area contributed by atoms with Crippen molar-refractivity contribution in [3.8, 4) is 6.07 Å². The summed E-state index contributed by atoms with van der Waals surface area (Å²) in [6, 6.07) is 7.46. The van der Waals surface area contributed by atoms with Crippen LogP contribution >= 0.6 is 0 Å². The molecule has 108 valence electrons. The standard InChI is InChI=1S/C13H11N3O4S/c1-8-12(13(17)18)10(7-15-8)16-21(19,20)11-5-3-2-4-9(11)6-14/h2-5,7,15-16H,1H3,(H,17,18). The minimum atomic E-state index is -4.05. The monoisotopic (exact) mass is 305 g/mol. The van der Waals surface area contributed by atoms with Gasteiger partial charge in [0.1, 0.15) is 16.5 Å². The van der Waals surface area contributed by atoms with Crippen molar-refractivity contribution < 1.29 is 18.3 Å². The number of aromatic nitrogens is 1. The third-order valence-electron chi connectivity index (χ3n) is 2.83. The second kappa shape index (κ2) is 5.30. The Kier molecular flexibility index (Phi) is 3.69. The van der Waals surface area contributed by atoms with Gasteiger partial charge in [-0.2, -0.15) is 5.26 Å². The molecule has 21 heavy (non-hydrogen) atoms. The average molecular weight is 305 g/mol. The van der Waals surface area contributed by atoms with Gasteiger partial charge in [-0.25, -0.2) is 13.2 Å². The highest BCUT2D eigenvalue weighted by molar-refractivity contribution is 7.92. The molecule has 0 bridgehead atoms. The lowest BCUT2D eigenvalue weighted by Gasteiger charge is -2.08. The average Bonchev–Trinajstić information content (AvgIpc) is 2.79. The van der Waals surface area contributed by atoms with Gasteiger partial charge in [0.05, 0.1) is 11.3 Å². The lowest BCUT2D eigenvalue weighted by atomic mass is 10.2. The van der Waals surface area contributed by atoms with E-state index in [1.54, 1.807) is 12.1 Å². The number of carboxylic acid groups (broad SMARTS) is 1.